The highest BCUT2D eigenvalue weighted by Crippen LogP contribution is 2.19. The van der Waals surface area contributed by atoms with Crippen LogP contribution in [0, 0.1) is 19.8 Å². The fourth-order valence-electron chi connectivity index (χ4n) is 3.32. The van der Waals surface area contributed by atoms with Gasteiger partial charge in [-0.25, -0.2) is 4.68 Å². The number of carbonyl (C=O) groups is 1. The van der Waals surface area contributed by atoms with Gasteiger partial charge in [-0.1, -0.05) is 31.5 Å². The van der Waals surface area contributed by atoms with Crippen LogP contribution in [0.5, 0.6) is 0 Å². The number of hydrogen-bond donors (Lipinski definition) is 1. The summed E-state index contributed by atoms with van der Waals surface area (Å²) in [4.78, 5) is 12.8. The Balaban J connectivity index is 1.68. The summed E-state index contributed by atoms with van der Waals surface area (Å²) >= 11 is 6.10. The molecule has 0 spiro atoms. The molecular weight excluding hydrogens is 374 g/mol. The zero-order chi connectivity index (χ0) is 20.3. The van der Waals surface area contributed by atoms with E-state index in [1.54, 1.807) is 10.9 Å². The van der Waals surface area contributed by atoms with Gasteiger partial charge in [-0.2, -0.15) is 10.2 Å². The second-order valence-corrected chi connectivity index (χ2v) is 7.61. The first kappa shape index (κ1) is 20.1. The Hall–Kier alpha value is -2.60. The quantitative estimate of drug-likeness (QED) is 0.653. The summed E-state index contributed by atoms with van der Waals surface area (Å²) in [5.41, 5.74) is 4.45. The lowest BCUT2D eigenvalue weighted by molar-refractivity contribution is 0.0945. The monoisotopic (exact) mass is 399 g/mol. The predicted molar refractivity (Wildman–Crippen MR) is 111 cm³/mol. The van der Waals surface area contributed by atoms with E-state index in [2.05, 4.69) is 28.5 Å². The molecule has 3 aromatic rings. The van der Waals surface area contributed by atoms with Crippen LogP contribution >= 0.6 is 11.6 Å². The van der Waals surface area contributed by atoms with Gasteiger partial charge in [0.05, 0.1) is 28.8 Å². The molecule has 0 aliphatic rings. The Morgan fingerprint density at radius 2 is 2.07 bits per heavy atom. The van der Waals surface area contributed by atoms with Crippen LogP contribution < -0.4 is 5.32 Å². The van der Waals surface area contributed by atoms with Gasteiger partial charge >= 0.3 is 0 Å². The molecule has 1 amide bonds. The third kappa shape index (κ3) is 4.44. The molecule has 0 radical (unpaired) electrons. The van der Waals surface area contributed by atoms with Gasteiger partial charge < -0.3 is 5.32 Å². The summed E-state index contributed by atoms with van der Waals surface area (Å²) in [7, 11) is 0. The number of halogens is 1. The molecule has 0 aliphatic carbocycles. The number of aryl methyl sites for hydroxylation is 2. The van der Waals surface area contributed by atoms with E-state index >= 15 is 0 Å². The van der Waals surface area contributed by atoms with Crippen LogP contribution in [0.15, 0.2) is 36.5 Å². The first-order chi connectivity index (χ1) is 13.4. The van der Waals surface area contributed by atoms with E-state index in [-0.39, 0.29) is 11.8 Å². The van der Waals surface area contributed by atoms with Crippen molar-refractivity contribution in [2.45, 2.75) is 40.7 Å². The van der Waals surface area contributed by atoms with Crippen molar-refractivity contribution in [1.29, 1.82) is 0 Å². The van der Waals surface area contributed by atoms with Crippen molar-refractivity contribution in [1.82, 2.24) is 24.9 Å². The van der Waals surface area contributed by atoms with E-state index in [0.717, 1.165) is 29.3 Å². The van der Waals surface area contributed by atoms with E-state index in [9.17, 15) is 4.79 Å². The van der Waals surface area contributed by atoms with E-state index in [4.69, 9.17) is 11.6 Å². The summed E-state index contributed by atoms with van der Waals surface area (Å²) in [5.74, 6) is 0.153. The molecule has 0 bridgehead atoms. The second-order valence-electron chi connectivity index (χ2n) is 7.17. The van der Waals surface area contributed by atoms with Gasteiger partial charge in [0.25, 0.3) is 5.91 Å². The molecule has 1 unspecified atom stereocenters. The Morgan fingerprint density at radius 3 is 2.71 bits per heavy atom. The minimum Gasteiger partial charge on any atom is -0.352 e. The molecule has 28 heavy (non-hydrogen) atoms. The van der Waals surface area contributed by atoms with Crippen LogP contribution in [-0.2, 0) is 13.0 Å². The lowest BCUT2D eigenvalue weighted by Crippen LogP contribution is -2.30. The third-order valence-corrected chi connectivity index (χ3v) is 4.94. The van der Waals surface area contributed by atoms with Gasteiger partial charge in [0.1, 0.15) is 0 Å². The van der Waals surface area contributed by atoms with E-state index in [1.165, 1.54) is 0 Å². The number of benzene rings is 1. The van der Waals surface area contributed by atoms with Crippen molar-refractivity contribution in [2.75, 3.05) is 6.54 Å². The number of hydrogen-bond acceptors (Lipinski definition) is 3. The Morgan fingerprint density at radius 1 is 1.29 bits per heavy atom. The van der Waals surface area contributed by atoms with Crippen LogP contribution in [0.3, 0.4) is 0 Å². The fraction of sp³-hybridized carbons (Fsp3) is 0.381. The molecule has 1 atom stereocenters. The highest BCUT2D eigenvalue weighted by molar-refractivity contribution is 6.30. The van der Waals surface area contributed by atoms with Crippen LogP contribution in [0.2, 0.25) is 5.02 Å². The summed E-state index contributed by atoms with van der Waals surface area (Å²) in [6, 6.07) is 9.52. The van der Waals surface area contributed by atoms with Crippen LogP contribution in [0.1, 0.15) is 41.3 Å². The van der Waals surface area contributed by atoms with Crippen molar-refractivity contribution in [3.63, 3.8) is 0 Å². The highest BCUT2D eigenvalue weighted by atomic mass is 35.5. The van der Waals surface area contributed by atoms with Gasteiger partial charge in [0, 0.05) is 23.8 Å². The molecule has 0 saturated heterocycles. The van der Waals surface area contributed by atoms with Crippen LogP contribution in [0.25, 0.3) is 5.69 Å². The standard InChI is InChI=1S/C21H26ClN5O/c1-5-20-19(12-24-27(20)18-8-6-7-17(22)10-18)21(28)23-11-14(2)13-26-16(4)9-15(3)25-26/h6-10,12,14H,5,11,13H2,1-4H3,(H,23,28). The molecule has 0 saturated carbocycles. The molecule has 0 aliphatic heterocycles. The number of carbonyl (C=O) groups excluding carboxylic acids is 1. The molecule has 1 aromatic carbocycles. The molecule has 148 valence electrons. The van der Waals surface area contributed by atoms with Crippen molar-refractivity contribution < 1.29 is 4.79 Å². The first-order valence-corrected chi connectivity index (χ1v) is 9.89. The summed E-state index contributed by atoms with van der Waals surface area (Å²) in [5, 5.41) is 12.6. The maximum absolute atomic E-state index is 12.8. The van der Waals surface area contributed by atoms with E-state index < -0.39 is 0 Å². The Bertz CT molecular complexity index is 975. The average Bonchev–Trinajstić information content (AvgIpc) is 3.22. The molecule has 7 heteroatoms. The van der Waals surface area contributed by atoms with Crippen LogP contribution in [-0.4, -0.2) is 32.0 Å². The van der Waals surface area contributed by atoms with E-state index in [1.807, 2.05) is 49.7 Å². The fourth-order valence-corrected chi connectivity index (χ4v) is 3.50. The van der Waals surface area contributed by atoms with Gasteiger partial charge in [0.15, 0.2) is 0 Å². The van der Waals surface area contributed by atoms with E-state index in [0.29, 0.717) is 23.6 Å². The largest absolute Gasteiger partial charge is 0.352 e. The Kier molecular flexibility index (Phi) is 6.19. The van der Waals surface area contributed by atoms with Gasteiger partial charge in [-0.05, 0) is 50.5 Å². The maximum Gasteiger partial charge on any atom is 0.254 e. The first-order valence-electron chi connectivity index (χ1n) is 9.51. The smallest absolute Gasteiger partial charge is 0.254 e. The second kappa shape index (κ2) is 8.61. The zero-order valence-corrected chi connectivity index (χ0v) is 17.5. The average molecular weight is 400 g/mol. The van der Waals surface area contributed by atoms with Gasteiger partial charge in [-0.3, -0.25) is 9.48 Å². The number of nitrogens with one attached hydrogen (secondary N) is 1. The topological polar surface area (TPSA) is 64.7 Å². The SMILES string of the molecule is CCc1c(C(=O)NCC(C)Cn2nc(C)cc2C)cnn1-c1cccc(Cl)c1. The lowest BCUT2D eigenvalue weighted by Gasteiger charge is -2.14. The molecule has 0 fully saturated rings. The minimum absolute atomic E-state index is 0.106. The predicted octanol–water partition coefficient (Wildman–Crippen LogP) is 3.97. The minimum atomic E-state index is -0.106. The molecule has 2 aromatic heterocycles. The van der Waals surface area contributed by atoms with Gasteiger partial charge in [0.2, 0.25) is 0 Å². The number of rotatable bonds is 7. The summed E-state index contributed by atoms with van der Waals surface area (Å²) < 4.78 is 3.76. The molecule has 3 rings (SSSR count). The highest BCUT2D eigenvalue weighted by Gasteiger charge is 2.18. The third-order valence-electron chi connectivity index (χ3n) is 4.70. The lowest BCUT2D eigenvalue weighted by atomic mass is 10.1. The number of amides is 1. The summed E-state index contributed by atoms with van der Waals surface area (Å²) in [6.45, 7) is 9.49. The van der Waals surface area contributed by atoms with Crippen molar-refractivity contribution in [3.05, 3.63) is 64.2 Å². The maximum atomic E-state index is 12.8. The van der Waals surface area contributed by atoms with Gasteiger partial charge in [-0.15, -0.1) is 0 Å². The molecule has 6 nitrogen and oxygen atoms in total. The Labute approximate surface area is 170 Å². The molecule has 2 heterocycles. The van der Waals surface area contributed by atoms with Crippen LogP contribution in [0.4, 0.5) is 0 Å². The van der Waals surface area contributed by atoms with Crippen molar-refractivity contribution in [2.24, 2.45) is 5.92 Å². The van der Waals surface area contributed by atoms with Crippen molar-refractivity contribution >= 4 is 17.5 Å². The zero-order valence-electron chi connectivity index (χ0n) is 16.7. The number of aromatic nitrogens is 4. The number of nitrogens with zero attached hydrogens (tertiary/aromatic N) is 4. The van der Waals surface area contributed by atoms with Crippen molar-refractivity contribution in [3.8, 4) is 5.69 Å². The normalized spacial score (nSPS) is 12.2. The summed E-state index contributed by atoms with van der Waals surface area (Å²) in [6.07, 6.45) is 2.32. The molecular formula is C21H26ClN5O. The molecule has 1 N–H and O–H groups in total.